The topological polar surface area (TPSA) is 82.0 Å². The van der Waals surface area contributed by atoms with Crippen LogP contribution in [0.4, 0.5) is 20.6 Å². The van der Waals surface area contributed by atoms with Gasteiger partial charge < -0.3 is 19.1 Å². The maximum absolute atomic E-state index is 14.8. The van der Waals surface area contributed by atoms with Crippen LogP contribution in [0.2, 0.25) is 0 Å². The lowest BCUT2D eigenvalue weighted by molar-refractivity contribution is 0.106. The number of aromatic nitrogens is 3. The van der Waals surface area contributed by atoms with Gasteiger partial charge in [-0.2, -0.15) is 0 Å². The van der Waals surface area contributed by atoms with Gasteiger partial charge in [-0.25, -0.2) is 13.9 Å². The number of cyclic esters (lactones) is 1. The summed E-state index contributed by atoms with van der Waals surface area (Å²) in [5.41, 5.74) is 0.856. The van der Waals surface area contributed by atoms with E-state index in [1.807, 2.05) is 4.90 Å². The molecule has 0 unspecified atom stereocenters. The SMILES string of the molecule is O=C1O[C@@H](Cn2ccnn2)[C@@H]2COc3cc(N4CCOCC4)c(F)cc3N12. The van der Waals surface area contributed by atoms with Gasteiger partial charge in [-0.3, -0.25) is 4.90 Å². The van der Waals surface area contributed by atoms with Crippen molar-refractivity contribution in [2.75, 3.05) is 42.7 Å². The van der Waals surface area contributed by atoms with Gasteiger partial charge in [0.05, 0.1) is 37.3 Å². The van der Waals surface area contributed by atoms with Crippen molar-refractivity contribution in [2.45, 2.75) is 18.7 Å². The fourth-order valence-corrected chi connectivity index (χ4v) is 3.76. The van der Waals surface area contributed by atoms with Crippen LogP contribution in [0.1, 0.15) is 0 Å². The first-order valence-corrected chi connectivity index (χ1v) is 8.84. The maximum atomic E-state index is 14.8. The van der Waals surface area contributed by atoms with Crippen LogP contribution in [-0.2, 0) is 16.0 Å². The van der Waals surface area contributed by atoms with Gasteiger partial charge in [0.2, 0.25) is 0 Å². The molecule has 1 amide bonds. The van der Waals surface area contributed by atoms with E-state index >= 15 is 0 Å². The Morgan fingerprint density at radius 3 is 2.85 bits per heavy atom. The molecule has 1 aromatic heterocycles. The highest BCUT2D eigenvalue weighted by Crippen LogP contribution is 2.42. The smallest absolute Gasteiger partial charge is 0.415 e. The summed E-state index contributed by atoms with van der Waals surface area (Å²) in [6, 6.07) is 2.66. The lowest BCUT2D eigenvalue weighted by atomic mass is 10.1. The molecule has 3 aliphatic rings. The Hall–Kier alpha value is -2.88. The van der Waals surface area contributed by atoms with Crippen molar-refractivity contribution in [1.29, 1.82) is 0 Å². The molecule has 2 atom stereocenters. The Morgan fingerprint density at radius 1 is 1.22 bits per heavy atom. The second kappa shape index (κ2) is 6.38. The molecule has 0 N–H and O–H groups in total. The minimum atomic E-state index is -0.506. The van der Waals surface area contributed by atoms with Crippen molar-refractivity contribution < 1.29 is 23.4 Å². The van der Waals surface area contributed by atoms with E-state index in [2.05, 4.69) is 10.3 Å². The highest BCUT2D eigenvalue weighted by atomic mass is 19.1. The molecular formula is C17H18FN5O4. The normalized spacial score (nSPS) is 24.3. The predicted octanol–water partition coefficient (Wildman–Crippen LogP) is 1.04. The van der Waals surface area contributed by atoms with Gasteiger partial charge in [0.15, 0.2) is 0 Å². The van der Waals surface area contributed by atoms with Crippen LogP contribution in [-0.4, -0.2) is 66.1 Å². The summed E-state index contributed by atoms with van der Waals surface area (Å²) < 4.78 is 33.1. The molecule has 3 aliphatic heterocycles. The molecule has 2 fully saturated rings. The summed E-state index contributed by atoms with van der Waals surface area (Å²) in [6.45, 7) is 2.98. The van der Waals surface area contributed by atoms with Crippen LogP contribution in [0.15, 0.2) is 24.5 Å². The third-order valence-electron chi connectivity index (χ3n) is 5.10. The van der Waals surface area contributed by atoms with Crippen molar-refractivity contribution in [3.05, 3.63) is 30.3 Å². The van der Waals surface area contributed by atoms with Crippen LogP contribution in [0.3, 0.4) is 0 Å². The van der Waals surface area contributed by atoms with E-state index in [0.29, 0.717) is 50.0 Å². The fourth-order valence-electron chi connectivity index (χ4n) is 3.76. The van der Waals surface area contributed by atoms with Crippen molar-refractivity contribution in [3.8, 4) is 5.75 Å². The monoisotopic (exact) mass is 375 g/mol. The van der Waals surface area contributed by atoms with Gasteiger partial charge in [0.1, 0.15) is 30.3 Å². The molecule has 27 heavy (non-hydrogen) atoms. The minimum Gasteiger partial charge on any atom is -0.489 e. The Labute approximate surface area is 154 Å². The number of hydrogen-bond donors (Lipinski definition) is 0. The van der Waals surface area contributed by atoms with Crippen molar-refractivity contribution in [2.24, 2.45) is 0 Å². The molecule has 2 aromatic rings. The molecule has 0 bridgehead atoms. The highest BCUT2D eigenvalue weighted by molar-refractivity contribution is 5.93. The highest BCUT2D eigenvalue weighted by Gasteiger charge is 2.47. The Kier molecular flexibility index (Phi) is 3.85. The van der Waals surface area contributed by atoms with E-state index in [-0.39, 0.29) is 12.6 Å². The molecule has 2 saturated heterocycles. The Bertz CT molecular complexity index is 855. The summed E-state index contributed by atoms with van der Waals surface area (Å²) in [6.07, 6.45) is 2.30. The van der Waals surface area contributed by atoms with Crippen LogP contribution in [0, 0.1) is 5.82 Å². The minimum absolute atomic E-state index is 0.270. The molecular weight excluding hydrogens is 357 g/mol. The summed E-state index contributed by atoms with van der Waals surface area (Å²) in [5, 5.41) is 7.66. The third-order valence-corrected chi connectivity index (χ3v) is 5.10. The number of ether oxygens (including phenoxy) is 3. The van der Waals surface area contributed by atoms with E-state index in [1.54, 1.807) is 23.1 Å². The molecule has 9 nitrogen and oxygen atoms in total. The first-order valence-electron chi connectivity index (χ1n) is 8.84. The Balaban J connectivity index is 1.44. The second-order valence-corrected chi connectivity index (χ2v) is 6.67. The maximum Gasteiger partial charge on any atom is 0.415 e. The second-order valence-electron chi connectivity index (χ2n) is 6.67. The number of morpholine rings is 1. The summed E-state index contributed by atoms with van der Waals surface area (Å²) >= 11 is 0. The molecule has 5 rings (SSSR count). The van der Waals surface area contributed by atoms with Crippen molar-refractivity contribution in [3.63, 3.8) is 0 Å². The zero-order valence-corrected chi connectivity index (χ0v) is 14.5. The predicted molar refractivity (Wildman–Crippen MR) is 91.5 cm³/mol. The number of amides is 1. The summed E-state index contributed by atoms with van der Waals surface area (Å²) in [5.74, 6) is 0.0833. The average Bonchev–Trinajstić information content (AvgIpc) is 3.30. The first-order chi connectivity index (χ1) is 13.2. The number of fused-ring (bicyclic) bond motifs is 3. The van der Waals surface area contributed by atoms with E-state index < -0.39 is 18.0 Å². The van der Waals surface area contributed by atoms with Crippen LogP contribution in [0.5, 0.6) is 5.75 Å². The van der Waals surface area contributed by atoms with Crippen LogP contribution >= 0.6 is 0 Å². The summed E-state index contributed by atoms with van der Waals surface area (Å²) in [4.78, 5) is 15.9. The average molecular weight is 375 g/mol. The van der Waals surface area contributed by atoms with Crippen molar-refractivity contribution >= 4 is 17.5 Å². The van der Waals surface area contributed by atoms with Gasteiger partial charge in [-0.05, 0) is 0 Å². The zero-order valence-electron chi connectivity index (χ0n) is 14.5. The lowest BCUT2D eigenvalue weighted by Crippen LogP contribution is -2.45. The van der Waals surface area contributed by atoms with Crippen molar-refractivity contribution in [1.82, 2.24) is 15.0 Å². The molecule has 0 saturated carbocycles. The molecule has 142 valence electrons. The molecule has 0 radical (unpaired) electrons. The van der Waals surface area contributed by atoms with Gasteiger partial charge in [0.25, 0.3) is 0 Å². The van der Waals surface area contributed by atoms with Crippen LogP contribution < -0.4 is 14.5 Å². The first kappa shape index (κ1) is 16.3. The van der Waals surface area contributed by atoms with Gasteiger partial charge in [0, 0.05) is 31.4 Å². The largest absolute Gasteiger partial charge is 0.489 e. The lowest BCUT2D eigenvalue weighted by Gasteiger charge is -2.34. The number of halogens is 1. The van der Waals surface area contributed by atoms with Gasteiger partial charge in [-0.15, -0.1) is 5.10 Å². The molecule has 0 spiro atoms. The number of nitrogens with zero attached hydrogens (tertiary/aromatic N) is 5. The number of carbonyl (C=O) groups excluding carboxylic acids is 1. The number of benzene rings is 1. The molecule has 10 heteroatoms. The van der Waals surface area contributed by atoms with Gasteiger partial charge in [-0.1, -0.05) is 5.21 Å². The number of hydrogen-bond acceptors (Lipinski definition) is 7. The third kappa shape index (κ3) is 2.76. The number of carbonyl (C=O) groups is 1. The number of rotatable bonds is 3. The summed E-state index contributed by atoms with van der Waals surface area (Å²) in [7, 11) is 0. The van der Waals surface area contributed by atoms with Crippen LogP contribution in [0.25, 0.3) is 0 Å². The molecule has 4 heterocycles. The number of anilines is 2. The fraction of sp³-hybridized carbons (Fsp3) is 0.471. The Morgan fingerprint density at radius 2 is 2.07 bits per heavy atom. The van der Waals surface area contributed by atoms with Gasteiger partial charge >= 0.3 is 6.09 Å². The van der Waals surface area contributed by atoms with E-state index in [0.717, 1.165) is 0 Å². The standard InChI is InChI=1S/C17H18FN5O4/c18-11-7-13-15(8-12(11)21-3-5-25-6-4-21)26-10-14-16(27-17(24)23(13)14)9-22-2-1-19-20-22/h1-2,7-8,14,16H,3-6,9-10H2/t14-,16-/m0/s1. The quantitative estimate of drug-likeness (QED) is 0.793. The zero-order chi connectivity index (χ0) is 18.4. The van der Waals surface area contributed by atoms with E-state index in [9.17, 15) is 9.18 Å². The molecule has 1 aromatic carbocycles. The molecule has 0 aliphatic carbocycles. The van der Waals surface area contributed by atoms with E-state index in [4.69, 9.17) is 14.2 Å². The van der Waals surface area contributed by atoms with E-state index in [1.165, 1.54) is 11.0 Å².